The molecule has 0 unspecified atom stereocenters. The molecule has 12 heteroatoms. The summed E-state index contributed by atoms with van der Waals surface area (Å²) in [5.41, 5.74) is -0.301. The second-order valence-electron chi connectivity index (χ2n) is 3.62. The zero-order valence-electron chi connectivity index (χ0n) is 10.4. The Bertz CT molecular complexity index is 774. The van der Waals surface area contributed by atoms with Gasteiger partial charge < -0.3 is 5.32 Å². The molecular formula is C9H8BrN5O4S2. The van der Waals surface area contributed by atoms with E-state index in [1.807, 2.05) is 0 Å². The number of anilines is 2. The van der Waals surface area contributed by atoms with Gasteiger partial charge in [0.2, 0.25) is 0 Å². The number of thiophene rings is 1. The number of hydrogen-bond acceptors (Lipinski definition) is 8. The summed E-state index contributed by atoms with van der Waals surface area (Å²) in [6.07, 6.45) is 2.55. The van der Waals surface area contributed by atoms with Gasteiger partial charge in [-0.2, -0.15) is 0 Å². The number of aromatic nitrogens is 2. The first-order chi connectivity index (χ1) is 9.83. The second-order valence-corrected chi connectivity index (χ2v) is 7.39. The van der Waals surface area contributed by atoms with Crippen LogP contribution in [-0.2, 0) is 10.0 Å². The Morgan fingerprint density at radius 3 is 2.57 bits per heavy atom. The van der Waals surface area contributed by atoms with E-state index in [2.05, 4.69) is 35.9 Å². The predicted octanol–water partition coefficient (Wildman–Crippen LogP) is 2.05. The van der Waals surface area contributed by atoms with E-state index in [0.717, 1.165) is 17.4 Å². The lowest BCUT2D eigenvalue weighted by Crippen LogP contribution is -2.12. The Morgan fingerprint density at radius 2 is 2.10 bits per heavy atom. The van der Waals surface area contributed by atoms with Crippen LogP contribution in [0, 0.1) is 10.1 Å². The van der Waals surface area contributed by atoms with Crippen LogP contribution in [0.1, 0.15) is 0 Å². The Morgan fingerprint density at radius 1 is 1.38 bits per heavy atom. The molecule has 2 rings (SSSR count). The zero-order valence-corrected chi connectivity index (χ0v) is 13.6. The van der Waals surface area contributed by atoms with E-state index in [0.29, 0.717) is 4.60 Å². The minimum absolute atomic E-state index is 0.0141. The molecule has 2 N–H and O–H groups in total. The molecule has 0 radical (unpaired) electrons. The van der Waals surface area contributed by atoms with Crippen molar-refractivity contribution in [3.8, 4) is 0 Å². The van der Waals surface area contributed by atoms with Crippen molar-refractivity contribution < 1.29 is 13.3 Å². The van der Waals surface area contributed by atoms with Crippen molar-refractivity contribution in [2.24, 2.45) is 0 Å². The van der Waals surface area contributed by atoms with Crippen molar-refractivity contribution in [2.45, 2.75) is 4.21 Å². The summed E-state index contributed by atoms with van der Waals surface area (Å²) in [5.74, 6) is 0.0141. The third-order valence-corrected chi connectivity index (χ3v) is 5.62. The van der Waals surface area contributed by atoms with Crippen molar-refractivity contribution in [3.63, 3.8) is 0 Å². The summed E-state index contributed by atoms with van der Waals surface area (Å²) in [5, 5.41) is 13.6. The van der Waals surface area contributed by atoms with E-state index in [4.69, 9.17) is 0 Å². The van der Waals surface area contributed by atoms with Gasteiger partial charge in [-0.25, -0.2) is 18.4 Å². The Balaban J connectivity index is 2.35. The number of sulfonamides is 1. The largest absolute Gasteiger partial charge is 0.374 e. The number of hydrogen-bond donors (Lipinski definition) is 2. The molecule has 0 fully saturated rings. The molecule has 0 atom stereocenters. The van der Waals surface area contributed by atoms with Crippen molar-refractivity contribution >= 4 is 53.8 Å². The minimum Gasteiger partial charge on any atom is -0.374 e. The highest BCUT2D eigenvalue weighted by Gasteiger charge is 2.26. The maximum absolute atomic E-state index is 12.2. The smallest absolute Gasteiger partial charge is 0.304 e. The Kier molecular flexibility index (Phi) is 4.39. The Labute approximate surface area is 131 Å². The molecule has 21 heavy (non-hydrogen) atoms. The van der Waals surface area contributed by atoms with E-state index in [1.54, 1.807) is 0 Å². The van der Waals surface area contributed by atoms with E-state index >= 15 is 0 Å². The third-order valence-electron chi connectivity index (χ3n) is 2.24. The van der Waals surface area contributed by atoms with Crippen LogP contribution in [-0.4, -0.2) is 30.4 Å². The maximum atomic E-state index is 12.2. The van der Waals surface area contributed by atoms with Crippen LogP contribution in [0.15, 0.2) is 27.3 Å². The maximum Gasteiger partial charge on any atom is 0.304 e. The summed E-state index contributed by atoms with van der Waals surface area (Å²) in [4.78, 5) is 17.9. The van der Waals surface area contributed by atoms with Gasteiger partial charge in [0, 0.05) is 13.1 Å². The minimum atomic E-state index is -3.97. The van der Waals surface area contributed by atoms with Crippen molar-refractivity contribution in [2.75, 3.05) is 17.1 Å². The van der Waals surface area contributed by atoms with Crippen LogP contribution in [0.5, 0.6) is 0 Å². The molecule has 0 saturated carbocycles. The molecule has 0 amide bonds. The van der Waals surface area contributed by atoms with Crippen molar-refractivity contribution in [3.05, 3.63) is 33.2 Å². The van der Waals surface area contributed by atoms with Gasteiger partial charge >= 0.3 is 5.69 Å². The fraction of sp³-hybridized carbons (Fsp3) is 0.111. The van der Waals surface area contributed by atoms with Gasteiger partial charge in [-0.15, -0.1) is 0 Å². The van der Waals surface area contributed by atoms with E-state index < -0.39 is 14.9 Å². The first-order valence-electron chi connectivity index (χ1n) is 5.30. The van der Waals surface area contributed by atoms with Crippen molar-refractivity contribution in [1.29, 1.82) is 0 Å². The number of rotatable bonds is 5. The van der Waals surface area contributed by atoms with Crippen LogP contribution < -0.4 is 10.0 Å². The highest BCUT2D eigenvalue weighted by molar-refractivity contribution is 9.10. The van der Waals surface area contributed by atoms with Crippen molar-refractivity contribution in [1.82, 2.24) is 9.97 Å². The number of nitro groups is 1. The van der Waals surface area contributed by atoms with Gasteiger partial charge in [-0.1, -0.05) is 11.3 Å². The molecule has 0 spiro atoms. The molecule has 0 aliphatic carbocycles. The average Bonchev–Trinajstić information content (AvgIpc) is 2.86. The molecule has 9 nitrogen and oxygen atoms in total. The molecule has 2 aromatic rings. The van der Waals surface area contributed by atoms with Gasteiger partial charge in [-0.05, 0) is 15.9 Å². The normalized spacial score (nSPS) is 11.1. The van der Waals surface area contributed by atoms with Crippen LogP contribution >= 0.6 is 27.3 Å². The average molecular weight is 394 g/mol. The summed E-state index contributed by atoms with van der Waals surface area (Å²) in [7, 11) is -2.49. The highest BCUT2D eigenvalue weighted by atomic mass is 79.9. The first kappa shape index (κ1) is 15.6. The van der Waals surface area contributed by atoms with Gasteiger partial charge in [0.1, 0.15) is 8.81 Å². The van der Waals surface area contributed by atoms with Crippen LogP contribution in [0.25, 0.3) is 0 Å². The predicted molar refractivity (Wildman–Crippen MR) is 81.1 cm³/mol. The van der Waals surface area contributed by atoms with Gasteiger partial charge in [0.15, 0.2) is 10.8 Å². The number of halogens is 1. The molecular weight excluding hydrogens is 386 g/mol. The summed E-state index contributed by atoms with van der Waals surface area (Å²) < 4.78 is 26.8. The monoisotopic (exact) mass is 393 g/mol. The van der Waals surface area contributed by atoms with Gasteiger partial charge in [0.05, 0.1) is 17.3 Å². The molecule has 0 aromatic carbocycles. The standard InChI is InChI=1S/C9H8BrN5O4S2/c1-11-9-5(15(16)17)2-8(20-9)21(18,19)14-7-4-12-6(10)3-13-7/h2-4,11H,1H3,(H,13,14). The summed E-state index contributed by atoms with van der Waals surface area (Å²) >= 11 is 3.83. The molecule has 2 aromatic heterocycles. The quantitative estimate of drug-likeness (QED) is 0.587. The van der Waals surface area contributed by atoms with E-state index in [-0.39, 0.29) is 20.7 Å². The highest BCUT2D eigenvalue weighted by Crippen LogP contribution is 2.37. The van der Waals surface area contributed by atoms with E-state index in [9.17, 15) is 18.5 Å². The summed E-state index contributed by atoms with van der Waals surface area (Å²) in [6.45, 7) is 0. The third kappa shape index (κ3) is 3.46. The molecule has 0 bridgehead atoms. The lowest BCUT2D eigenvalue weighted by Gasteiger charge is -2.04. The molecule has 0 aliphatic heterocycles. The van der Waals surface area contributed by atoms with Crippen LogP contribution in [0.4, 0.5) is 16.5 Å². The lowest BCUT2D eigenvalue weighted by molar-refractivity contribution is -0.383. The molecule has 2 heterocycles. The number of nitrogens with zero attached hydrogens (tertiary/aromatic N) is 3. The number of nitrogens with one attached hydrogen (secondary N) is 2. The topological polar surface area (TPSA) is 127 Å². The fourth-order valence-electron chi connectivity index (χ4n) is 1.36. The Hall–Kier alpha value is -1.79. The SMILES string of the molecule is CNc1sc(S(=O)(=O)Nc2cnc(Br)cn2)cc1[N+](=O)[O-]. The lowest BCUT2D eigenvalue weighted by atomic mass is 10.5. The zero-order chi connectivity index (χ0) is 15.6. The van der Waals surface area contributed by atoms with Gasteiger partial charge in [0.25, 0.3) is 10.0 Å². The van der Waals surface area contributed by atoms with E-state index in [1.165, 1.54) is 19.4 Å². The molecule has 112 valence electrons. The molecule has 0 aliphatic rings. The summed E-state index contributed by atoms with van der Waals surface area (Å²) in [6, 6.07) is 0.991. The molecule has 0 saturated heterocycles. The van der Waals surface area contributed by atoms with Gasteiger partial charge in [-0.3, -0.25) is 14.8 Å². The van der Waals surface area contributed by atoms with Crippen LogP contribution in [0.2, 0.25) is 0 Å². The van der Waals surface area contributed by atoms with Crippen LogP contribution in [0.3, 0.4) is 0 Å². The second kappa shape index (κ2) is 5.91. The first-order valence-corrected chi connectivity index (χ1v) is 8.39. The fourth-order valence-corrected chi connectivity index (χ4v) is 3.84.